The van der Waals surface area contributed by atoms with Crippen molar-refractivity contribution < 1.29 is 31.8 Å². The van der Waals surface area contributed by atoms with E-state index in [2.05, 4.69) is 30.1 Å². The zero-order valence-corrected chi connectivity index (χ0v) is 23.5. The van der Waals surface area contributed by atoms with Crippen LogP contribution in [0.25, 0.3) is 33.1 Å². The molecule has 0 radical (unpaired) electrons. The van der Waals surface area contributed by atoms with Crippen molar-refractivity contribution in [2.45, 2.75) is 39.0 Å². The predicted octanol–water partition coefficient (Wildman–Crippen LogP) is 5.29. The fourth-order valence-electron chi connectivity index (χ4n) is 5.42. The summed E-state index contributed by atoms with van der Waals surface area (Å²) >= 11 is 0. The topological polar surface area (TPSA) is 137 Å². The van der Waals surface area contributed by atoms with E-state index in [-0.39, 0.29) is 58.3 Å². The number of alkyl halides is 3. The molecule has 5 aromatic rings. The van der Waals surface area contributed by atoms with Crippen molar-refractivity contribution in [3.05, 3.63) is 47.5 Å². The van der Waals surface area contributed by atoms with E-state index in [1.807, 2.05) is 24.8 Å². The second-order valence-electron chi connectivity index (χ2n) is 10.2. The molecule has 43 heavy (non-hydrogen) atoms. The number of nitrogens with one attached hydrogen (secondary N) is 1. The van der Waals surface area contributed by atoms with E-state index in [0.29, 0.717) is 27.8 Å². The molecule has 0 aliphatic carbocycles. The van der Waals surface area contributed by atoms with Crippen molar-refractivity contribution in [2.75, 3.05) is 31.0 Å². The second-order valence-corrected chi connectivity index (χ2v) is 10.2. The van der Waals surface area contributed by atoms with Gasteiger partial charge in [0.25, 0.3) is 0 Å². The molecule has 4 aromatic heterocycles. The van der Waals surface area contributed by atoms with Crippen LogP contribution in [0.15, 0.2) is 30.6 Å². The maximum atomic E-state index is 16.7. The number of ether oxygens (including phenoxy) is 3. The number of pyridine rings is 2. The van der Waals surface area contributed by atoms with Crippen LogP contribution in [0.4, 0.5) is 29.2 Å². The molecular weight excluding hydrogens is 572 g/mol. The number of halogens is 4. The van der Waals surface area contributed by atoms with E-state index in [9.17, 15) is 13.2 Å². The first-order valence-electron chi connectivity index (χ1n) is 13.2. The minimum absolute atomic E-state index is 0.00955. The minimum Gasteiger partial charge on any atom is -0.483 e. The first kappa shape index (κ1) is 28.2. The Morgan fingerprint density at radius 1 is 1.26 bits per heavy atom. The lowest BCUT2D eigenvalue weighted by molar-refractivity contribution is -0.153. The zero-order valence-electron chi connectivity index (χ0n) is 23.5. The van der Waals surface area contributed by atoms with Gasteiger partial charge in [0.1, 0.15) is 40.6 Å². The maximum absolute atomic E-state index is 16.7. The van der Waals surface area contributed by atoms with Gasteiger partial charge in [-0.3, -0.25) is 5.10 Å². The van der Waals surface area contributed by atoms with Crippen LogP contribution in [0.2, 0.25) is 0 Å². The Bertz CT molecular complexity index is 1860. The number of fused-ring (bicyclic) bond motifs is 1. The number of methoxy groups -OCH3 is 1. The number of hydrogen-bond acceptors (Lipinski definition) is 10. The average molecular weight is 599 g/mol. The number of nitrogen functional groups attached to an aromatic ring is 1. The van der Waals surface area contributed by atoms with Crippen LogP contribution in [0, 0.1) is 12.7 Å². The molecule has 1 aromatic carbocycles. The molecule has 1 aliphatic rings. The highest BCUT2D eigenvalue weighted by Crippen LogP contribution is 2.46. The molecule has 0 fully saturated rings. The number of rotatable bonds is 6. The van der Waals surface area contributed by atoms with Gasteiger partial charge in [-0.2, -0.15) is 28.2 Å². The van der Waals surface area contributed by atoms with Gasteiger partial charge in [-0.25, -0.2) is 14.4 Å². The molecule has 224 valence electrons. The molecule has 0 spiro atoms. The Hall–Kier alpha value is -4.95. The van der Waals surface area contributed by atoms with E-state index < -0.39 is 24.6 Å². The number of aromatic nitrogens is 6. The first-order chi connectivity index (χ1) is 20.5. The highest BCUT2D eigenvalue weighted by Gasteiger charge is 2.36. The van der Waals surface area contributed by atoms with E-state index in [1.165, 1.54) is 13.3 Å². The van der Waals surface area contributed by atoms with Gasteiger partial charge in [0.2, 0.25) is 5.88 Å². The van der Waals surface area contributed by atoms with Crippen LogP contribution in [0.1, 0.15) is 31.0 Å². The smallest absolute Gasteiger partial charge is 0.422 e. The number of aryl methyl sites for hydroxylation is 1. The Morgan fingerprint density at radius 2 is 2.05 bits per heavy atom. The van der Waals surface area contributed by atoms with Gasteiger partial charge in [0, 0.05) is 17.1 Å². The normalized spacial score (nSPS) is 15.8. The van der Waals surface area contributed by atoms with Gasteiger partial charge < -0.3 is 24.8 Å². The van der Waals surface area contributed by atoms with Gasteiger partial charge in [-0.1, -0.05) is 6.07 Å². The molecule has 0 saturated heterocycles. The Balaban J connectivity index is 1.63. The number of aromatic amines is 1. The van der Waals surface area contributed by atoms with Crippen molar-refractivity contribution in [1.29, 1.82) is 0 Å². The molecule has 1 unspecified atom stereocenters. The van der Waals surface area contributed by atoms with E-state index in [4.69, 9.17) is 19.9 Å². The van der Waals surface area contributed by atoms with Crippen molar-refractivity contribution in [2.24, 2.45) is 0 Å². The van der Waals surface area contributed by atoms with Crippen molar-refractivity contribution in [3.8, 4) is 28.9 Å². The largest absolute Gasteiger partial charge is 0.483 e. The molecule has 2 atom stereocenters. The third kappa shape index (κ3) is 4.83. The number of H-pyrrole nitrogens is 1. The number of anilines is 2. The molecule has 3 N–H and O–H groups in total. The predicted molar refractivity (Wildman–Crippen MR) is 150 cm³/mol. The average Bonchev–Trinajstić information content (AvgIpc) is 3.37. The third-order valence-corrected chi connectivity index (χ3v) is 7.32. The molecule has 0 bridgehead atoms. The fourth-order valence-corrected chi connectivity index (χ4v) is 5.42. The van der Waals surface area contributed by atoms with E-state index in [1.54, 1.807) is 25.3 Å². The van der Waals surface area contributed by atoms with Gasteiger partial charge >= 0.3 is 12.2 Å². The quantitative estimate of drug-likeness (QED) is 0.248. The SMILES string of the molecule is COc1nc2c3c(nc(-c4c(OCC(F)(F)F)c(C)cc5[nH]ncc45)c(F)c3n1)OC[C@H](C)N2C(C)c1cccnc1N. The maximum Gasteiger partial charge on any atom is 0.422 e. The zero-order chi connectivity index (χ0) is 30.6. The molecule has 5 heterocycles. The monoisotopic (exact) mass is 598 g/mol. The van der Waals surface area contributed by atoms with Crippen LogP contribution in [0.5, 0.6) is 17.6 Å². The summed E-state index contributed by atoms with van der Waals surface area (Å²) in [6.45, 7) is 3.85. The highest BCUT2D eigenvalue weighted by molar-refractivity contribution is 6.02. The Kier molecular flexibility index (Phi) is 6.81. The second kappa shape index (κ2) is 10.4. The lowest BCUT2D eigenvalue weighted by atomic mass is 10.00. The molecule has 0 amide bonds. The highest BCUT2D eigenvalue weighted by atomic mass is 19.4. The van der Waals surface area contributed by atoms with Crippen LogP contribution in [-0.2, 0) is 0 Å². The summed E-state index contributed by atoms with van der Waals surface area (Å²) in [5.74, 6) is -0.544. The molecule has 0 saturated carbocycles. The molecular formula is C28H26F4N8O3. The van der Waals surface area contributed by atoms with Crippen molar-refractivity contribution in [3.63, 3.8) is 0 Å². The summed E-state index contributed by atoms with van der Waals surface area (Å²) in [6, 6.07) is 4.30. The molecule has 6 rings (SSSR count). The number of hydrogen-bond donors (Lipinski definition) is 2. The van der Waals surface area contributed by atoms with E-state index >= 15 is 4.39 Å². The summed E-state index contributed by atoms with van der Waals surface area (Å²) < 4.78 is 73.2. The van der Waals surface area contributed by atoms with Crippen LogP contribution >= 0.6 is 0 Å². The Morgan fingerprint density at radius 3 is 2.77 bits per heavy atom. The summed E-state index contributed by atoms with van der Waals surface area (Å²) in [7, 11) is 1.34. The van der Waals surface area contributed by atoms with Gasteiger partial charge in [0.15, 0.2) is 12.4 Å². The van der Waals surface area contributed by atoms with Gasteiger partial charge in [-0.15, -0.1) is 0 Å². The van der Waals surface area contributed by atoms with Crippen molar-refractivity contribution in [1.82, 2.24) is 30.1 Å². The van der Waals surface area contributed by atoms with Crippen LogP contribution in [-0.4, -0.2) is 62.7 Å². The van der Waals surface area contributed by atoms with Crippen LogP contribution in [0.3, 0.4) is 0 Å². The lowest BCUT2D eigenvalue weighted by Gasteiger charge is -2.34. The van der Waals surface area contributed by atoms with Gasteiger partial charge in [0.05, 0.1) is 36.5 Å². The fraction of sp³-hybridized carbons (Fsp3) is 0.321. The standard InChI is InChI=1S/C28H26F4N8O3/c1-12-8-17-16(9-35-39-17)18(23(12)43-11-28(30,31)32)21-20(29)22-19-25(38-27(37-22)41-4)40(13(2)10-42-26(19)36-21)14(3)15-6-5-7-34-24(15)33/h5-9,13-14H,10-11H2,1-4H3,(H2,33,34)(H,35,39)/t13-,14?/m0/s1. The molecule has 1 aliphatic heterocycles. The number of benzene rings is 1. The number of nitrogens with two attached hydrogens (primary N) is 1. The van der Waals surface area contributed by atoms with E-state index in [0.717, 1.165) is 0 Å². The summed E-state index contributed by atoms with van der Waals surface area (Å²) in [5.41, 5.74) is 7.11. The van der Waals surface area contributed by atoms with Crippen LogP contribution < -0.4 is 24.8 Å². The molecule has 15 heteroatoms. The Labute approximate surface area is 242 Å². The first-order valence-corrected chi connectivity index (χ1v) is 13.2. The summed E-state index contributed by atoms with van der Waals surface area (Å²) in [4.78, 5) is 19.5. The lowest BCUT2D eigenvalue weighted by Crippen LogP contribution is -2.39. The van der Waals surface area contributed by atoms with Gasteiger partial charge in [-0.05, 0) is 38.5 Å². The third-order valence-electron chi connectivity index (χ3n) is 7.32. The summed E-state index contributed by atoms with van der Waals surface area (Å²) in [5, 5.41) is 7.23. The van der Waals surface area contributed by atoms with Crippen molar-refractivity contribution >= 4 is 33.4 Å². The molecule has 11 nitrogen and oxygen atoms in total. The number of nitrogens with zero attached hydrogens (tertiary/aromatic N) is 6. The minimum atomic E-state index is -4.64. The summed E-state index contributed by atoms with van der Waals surface area (Å²) in [6.07, 6.45) is -1.69.